The first-order valence-corrected chi connectivity index (χ1v) is 2.50. The van der Waals surface area contributed by atoms with Gasteiger partial charge in [0.1, 0.15) is 0 Å². The third kappa shape index (κ3) is 2.64. The Balaban J connectivity index is 0.000000810. The Kier molecular flexibility index (Phi) is 4.60. The Labute approximate surface area is 88.2 Å². The maximum atomic E-state index is 10.0. The molecule has 0 unspecified atom stereocenters. The summed E-state index contributed by atoms with van der Waals surface area (Å²) in [7, 11) is 0. The van der Waals surface area contributed by atoms with Gasteiger partial charge < -0.3 is 0 Å². The number of nitro groups is 1. The van der Waals surface area contributed by atoms with Crippen LogP contribution in [0.25, 0.3) is 0 Å². The molecule has 0 aliphatic heterocycles. The number of nitro benzene ring substituents is 1. The quantitative estimate of drug-likeness (QED) is 0.349. The standard InChI is InChI=1S/C6H5NO2.Ca.2H/c8-7(9)6-4-2-1-3-5-6;;;/h1-5H;;;. The fourth-order valence-corrected chi connectivity index (χ4v) is 0.550. The summed E-state index contributed by atoms with van der Waals surface area (Å²) in [5.41, 5.74) is 0.137. The van der Waals surface area contributed by atoms with E-state index in [2.05, 4.69) is 0 Å². The number of para-hydroxylation sites is 1. The van der Waals surface area contributed by atoms with Crippen molar-refractivity contribution in [1.29, 1.82) is 0 Å². The molecular weight excluding hydrogens is 158 g/mol. The monoisotopic (exact) mass is 165 g/mol. The third-order valence-electron chi connectivity index (χ3n) is 0.967. The molecule has 1 aromatic carbocycles. The molecule has 0 aliphatic rings. The van der Waals surface area contributed by atoms with Crippen LogP contribution in [0.3, 0.4) is 0 Å². The maximum absolute atomic E-state index is 10.0. The third-order valence-corrected chi connectivity index (χ3v) is 0.967. The van der Waals surface area contributed by atoms with Crippen LogP contribution >= 0.6 is 0 Å². The molecule has 0 fully saturated rings. The molecule has 50 valence electrons. The van der Waals surface area contributed by atoms with Crippen LogP contribution in [0, 0.1) is 10.1 Å². The predicted molar refractivity (Wildman–Crippen MR) is 41.6 cm³/mol. The van der Waals surface area contributed by atoms with E-state index < -0.39 is 4.92 Å². The number of non-ortho nitro benzene ring substituents is 1. The summed E-state index contributed by atoms with van der Waals surface area (Å²) in [5.74, 6) is 0. The van der Waals surface area contributed by atoms with E-state index >= 15 is 0 Å². The van der Waals surface area contributed by atoms with Crippen LogP contribution in [0.15, 0.2) is 30.3 Å². The van der Waals surface area contributed by atoms with Crippen LogP contribution in [-0.4, -0.2) is 42.7 Å². The Morgan fingerprint density at radius 3 is 2.00 bits per heavy atom. The molecule has 0 heterocycles. The summed E-state index contributed by atoms with van der Waals surface area (Å²) in [6.07, 6.45) is 0. The average Bonchev–Trinajstić information content (AvgIpc) is 1.90. The van der Waals surface area contributed by atoms with E-state index in [0.717, 1.165) is 0 Å². The molecule has 0 saturated carbocycles. The van der Waals surface area contributed by atoms with E-state index in [1.165, 1.54) is 12.1 Å². The second-order valence-electron chi connectivity index (χ2n) is 1.59. The van der Waals surface area contributed by atoms with Crippen LogP contribution in [0.2, 0.25) is 0 Å². The fourth-order valence-electron chi connectivity index (χ4n) is 0.550. The molecule has 3 nitrogen and oxygen atoms in total. The molecule has 1 aromatic rings. The Bertz CT molecular complexity index is 212. The minimum absolute atomic E-state index is 0. The summed E-state index contributed by atoms with van der Waals surface area (Å²) in [6.45, 7) is 0. The summed E-state index contributed by atoms with van der Waals surface area (Å²) in [6, 6.07) is 7.93. The van der Waals surface area contributed by atoms with Crippen LogP contribution in [0.1, 0.15) is 0 Å². The zero-order valence-corrected chi connectivity index (χ0v) is 4.65. The molecule has 0 aliphatic carbocycles. The minimum atomic E-state index is -0.417. The van der Waals surface area contributed by atoms with Gasteiger partial charge in [-0.3, -0.25) is 10.1 Å². The Morgan fingerprint density at radius 1 is 1.20 bits per heavy atom. The second kappa shape index (κ2) is 4.66. The van der Waals surface area contributed by atoms with Crippen molar-refractivity contribution < 1.29 is 4.92 Å². The molecule has 0 spiro atoms. The van der Waals surface area contributed by atoms with Crippen LogP contribution < -0.4 is 0 Å². The molecule has 0 bridgehead atoms. The number of nitrogens with zero attached hydrogens (tertiary/aromatic N) is 1. The molecule has 0 saturated heterocycles. The van der Waals surface area contributed by atoms with Gasteiger partial charge in [0.2, 0.25) is 0 Å². The topological polar surface area (TPSA) is 43.1 Å². The van der Waals surface area contributed by atoms with Crippen LogP contribution in [0.5, 0.6) is 0 Å². The average molecular weight is 165 g/mol. The zero-order chi connectivity index (χ0) is 6.69. The van der Waals surface area contributed by atoms with Crippen LogP contribution in [0.4, 0.5) is 5.69 Å². The number of rotatable bonds is 1. The van der Waals surface area contributed by atoms with Gasteiger partial charge in [-0.2, -0.15) is 0 Å². The van der Waals surface area contributed by atoms with Gasteiger partial charge in [-0.1, -0.05) is 18.2 Å². The van der Waals surface area contributed by atoms with Gasteiger partial charge in [0.25, 0.3) is 5.69 Å². The fraction of sp³-hybridized carbons (Fsp3) is 0. The van der Waals surface area contributed by atoms with Crippen molar-refractivity contribution in [3.05, 3.63) is 40.4 Å². The Hall–Kier alpha value is -0.120. The first-order chi connectivity index (χ1) is 4.30. The molecule has 0 atom stereocenters. The van der Waals surface area contributed by atoms with Crippen molar-refractivity contribution in [1.82, 2.24) is 0 Å². The zero-order valence-electron chi connectivity index (χ0n) is 4.65. The van der Waals surface area contributed by atoms with Gasteiger partial charge >= 0.3 is 37.7 Å². The first-order valence-electron chi connectivity index (χ1n) is 2.50. The van der Waals surface area contributed by atoms with E-state index in [9.17, 15) is 10.1 Å². The number of hydrogen-bond acceptors (Lipinski definition) is 2. The number of benzene rings is 1. The van der Waals surface area contributed by atoms with Crippen molar-refractivity contribution in [2.45, 2.75) is 0 Å². The normalized spacial score (nSPS) is 8.00. The summed E-state index contributed by atoms with van der Waals surface area (Å²) in [4.78, 5) is 9.59. The van der Waals surface area contributed by atoms with Gasteiger partial charge in [-0.05, 0) is 0 Å². The van der Waals surface area contributed by atoms with Gasteiger partial charge in [0, 0.05) is 12.1 Å². The summed E-state index contributed by atoms with van der Waals surface area (Å²) >= 11 is 0. The van der Waals surface area contributed by atoms with Crippen molar-refractivity contribution in [3.63, 3.8) is 0 Å². The Morgan fingerprint density at radius 2 is 1.70 bits per heavy atom. The van der Waals surface area contributed by atoms with Gasteiger partial charge in [0.05, 0.1) is 4.92 Å². The van der Waals surface area contributed by atoms with E-state index in [-0.39, 0.29) is 43.4 Å². The summed E-state index contributed by atoms with van der Waals surface area (Å²) < 4.78 is 0. The molecule has 0 N–H and O–H groups in total. The molecule has 1 rings (SSSR count). The van der Waals surface area contributed by atoms with Gasteiger partial charge in [-0.15, -0.1) is 0 Å². The second-order valence-corrected chi connectivity index (χ2v) is 1.59. The van der Waals surface area contributed by atoms with E-state index in [1.54, 1.807) is 18.2 Å². The van der Waals surface area contributed by atoms with Crippen molar-refractivity contribution in [2.75, 3.05) is 0 Å². The first kappa shape index (κ1) is 9.88. The molecule has 0 radical (unpaired) electrons. The molecule has 0 amide bonds. The van der Waals surface area contributed by atoms with E-state index in [1.807, 2.05) is 0 Å². The molecule has 10 heavy (non-hydrogen) atoms. The van der Waals surface area contributed by atoms with Crippen molar-refractivity contribution in [3.8, 4) is 0 Å². The van der Waals surface area contributed by atoms with Gasteiger partial charge in [-0.25, -0.2) is 0 Å². The molecule has 0 aromatic heterocycles. The molecular formula is C6H7CaNO2. The molecule has 4 heteroatoms. The van der Waals surface area contributed by atoms with Crippen molar-refractivity contribution >= 4 is 43.4 Å². The van der Waals surface area contributed by atoms with E-state index in [4.69, 9.17) is 0 Å². The summed E-state index contributed by atoms with van der Waals surface area (Å²) in [5, 5.41) is 10.0. The van der Waals surface area contributed by atoms with Gasteiger partial charge in [0.15, 0.2) is 0 Å². The predicted octanol–water partition coefficient (Wildman–Crippen LogP) is 0.679. The van der Waals surface area contributed by atoms with E-state index in [0.29, 0.717) is 0 Å². The van der Waals surface area contributed by atoms with Crippen LogP contribution in [-0.2, 0) is 0 Å². The van der Waals surface area contributed by atoms with Crippen molar-refractivity contribution in [2.24, 2.45) is 0 Å². The SMILES string of the molecule is O=[N+]([O-])c1ccccc1.[CaH2]. The number of hydrogen-bond donors (Lipinski definition) is 0.